The van der Waals surface area contributed by atoms with Crippen molar-refractivity contribution in [3.05, 3.63) is 72.3 Å². The van der Waals surface area contributed by atoms with E-state index >= 15 is 0 Å². The van der Waals surface area contributed by atoms with Crippen LogP contribution in [-0.4, -0.2) is 50.5 Å². The first-order valence-corrected chi connectivity index (χ1v) is 11.4. The molecule has 1 fully saturated rings. The van der Waals surface area contributed by atoms with Crippen molar-refractivity contribution in [2.24, 2.45) is 0 Å². The lowest BCUT2D eigenvalue weighted by Gasteiger charge is -2.18. The van der Waals surface area contributed by atoms with Crippen molar-refractivity contribution in [3.8, 4) is 11.8 Å². The molecular weight excluding hydrogens is 441 g/mol. The van der Waals surface area contributed by atoms with E-state index in [1.807, 2.05) is 35.0 Å². The average molecular weight is 460 g/mol. The number of rotatable bonds is 4. The highest BCUT2D eigenvalue weighted by molar-refractivity contribution is 7.99. The zero-order valence-electron chi connectivity index (χ0n) is 17.4. The minimum Gasteiger partial charge on any atom is -0.343 e. The van der Waals surface area contributed by atoms with Gasteiger partial charge >= 0.3 is 0 Å². The Bertz CT molecular complexity index is 1440. The number of carbonyl (C=O) groups excluding carboxylic acids is 2. The lowest BCUT2D eigenvalue weighted by molar-refractivity contribution is -0.129. The molecule has 0 spiro atoms. The molecular formula is C24H18FN5O2S. The SMILES string of the molecule is N#CC1CSCN1C(=O)CNC(=O)c1ccnc2ccc(-n3ccc4cc(F)ccc43)cc12. The molecule has 0 bridgehead atoms. The molecule has 1 N–H and O–H groups in total. The first kappa shape index (κ1) is 21.0. The molecule has 7 nitrogen and oxygen atoms in total. The maximum atomic E-state index is 13.6. The fourth-order valence-electron chi connectivity index (χ4n) is 3.97. The van der Waals surface area contributed by atoms with Crippen LogP contribution in [0.2, 0.25) is 0 Å². The van der Waals surface area contributed by atoms with E-state index in [2.05, 4.69) is 16.4 Å². The summed E-state index contributed by atoms with van der Waals surface area (Å²) < 4.78 is 15.5. The van der Waals surface area contributed by atoms with Crippen LogP contribution in [0, 0.1) is 17.1 Å². The second kappa shape index (κ2) is 8.56. The molecule has 2 amide bonds. The Morgan fingerprint density at radius 1 is 1.21 bits per heavy atom. The first-order chi connectivity index (χ1) is 16.0. The van der Waals surface area contributed by atoms with Crippen molar-refractivity contribution in [2.75, 3.05) is 18.2 Å². The number of nitriles is 1. The number of nitrogens with zero attached hydrogens (tertiary/aromatic N) is 4. The van der Waals surface area contributed by atoms with Crippen LogP contribution in [0.5, 0.6) is 0 Å². The Balaban J connectivity index is 1.43. The topological polar surface area (TPSA) is 91.0 Å². The summed E-state index contributed by atoms with van der Waals surface area (Å²) in [7, 11) is 0. The van der Waals surface area contributed by atoms with Gasteiger partial charge in [-0.25, -0.2) is 4.39 Å². The third-order valence-corrected chi connectivity index (χ3v) is 6.66. The number of benzene rings is 2. The Hall–Kier alpha value is -3.90. The van der Waals surface area contributed by atoms with Gasteiger partial charge in [0, 0.05) is 34.6 Å². The van der Waals surface area contributed by atoms with E-state index in [1.165, 1.54) is 28.8 Å². The van der Waals surface area contributed by atoms with Crippen LogP contribution < -0.4 is 5.32 Å². The summed E-state index contributed by atoms with van der Waals surface area (Å²) in [5, 5.41) is 13.3. The molecule has 4 aromatic rings. The Kier molecular flexibility index (Phi) is 5.44. The monoisotopic (exact) mass is 459 g/mol. The van der Waals surface area contributed by atoms with E-state index in [0.717, 1.165) is 16.6 Å². The summed E-state index contributed by atoms with van der Waals surface area (Å²) in [5.41, 5.74) is 2.67. The zero-order chi connectivity index (χ0) is 22.9. The van der Waals surface area contributed by atoms with E-state index in [1.54, 1.807) is 18.3 Å². The largest absolute Gasteiger partial charge is 0.343 e. The Labute approximate surface area is 192 Å². The van der Waals surface area contributed by atoms with E-state index in [9.17, 15) is 19.2 Å². The molecule has 0 aliphatic carbocycles. The van der Waals surface area contributed by atoms with Gasteiger partial charge in [-0.2, -0.15) is 5.26 Å². The van der Waals surface area contributed by atoms with Gasteiger partial charge in [-0.1, -0.05) is 0 Å². The molecule has 1 aliphatic rings. The van der Waals surface area contributed by atoms with Gasteiger partial charge in [0.15, 0.2) is 0 Å². The summed E-state index contributed by atoms with van der Waals surface area (Å²) in [4.78, 5) is 31.3. The summed E-state index contributed by atoms with van der Waals surface area (Å²) in [5.74, 6) is 0.0421. The number of thioether (sulfide) groups is 1. The number of hydrogen-bond acceptors (Lipinski definition) is 5. The predicted molar refractivity (Wildman–Crippen MR) is 124 cm³/mol. The standard InChI is InChI=1S/C24H18FN5O2S/c25-16-1-4-22-15(9-16)6-8-29(22)17-2-3-21-20(10-17)19(5-7-27-21)24(32)28-12-23(31)30-14-33-13-18(30)11-26/h1-10,18H,12-14H2,(H,28,32). The van der Waals surface area contributed by atoms with Crippen LogP contribution >= 0.6 is 11.8 Å². The fourth-order valence-corrected chi connectivity index (χ4v) is 5.07. The molecule has 1 saturated heterocycles. The highest BCUT2D eigenvalue weighted by Crippen LogP contribution is 2.25. The van der Waals surface area contributed by atoms with Crippen LogP contribution in [0.1, 0.15) is 10.4 Å². The van der Waals surface area contributed by atoms with Crippen LogP contribution in [0.25, 0.3) is 27.5 Å². The van der Waals surface area contributed by atoms with Crippen molar-refractivity contribution in [2.45, 2.75) is 6.04 Å². The summed E-state index contributed by atoms with van der Waals surface area (Å²) >= 11 is 1.52. The number of aromatic nitrogens is 2. The molecule has 33 heavy (non-hydrogen) atoms. The number of amides is 2. The quantitative estimate of drug-likeness (QED) is 0.505. The van der Waals surface area contributed by atoms with E-state index in [0.29, 0.717) is 28.1 Å². The first-order valence-electron chi connectivity index (χ1n) is 10.3. The van der Waals surface area contributed by atoms with Gasteiger partial charge in [-0.15, -0.1) is 11.8 Å². The molecule has 2 aromatic carbocycles. The second-order valence-electron chi connectivity index (χ2n) is 7.64. The molecule has 1 unspecified atom stereocenters. The highest BCUT2D eigenvalue weighted by atomic mass is 32.2. The summed E-state index contributed by atoms with van der Waals surface area (Å²) in [6.45, 7) is -0.186. The van der Waals surface area contributed by atoms with Crippen molar-refractivity contribution in [1.82, 2.24) is 19.8 Å². The van der Waals surface area contributed by atoms with Crippen LogP contribution in [0.4, 0.5) is 4.39 Å². The fraction of sp³-hybridized carbons (Fsp3) is 0.167. The number of fused-ring (bicyclic) bond motifs is 2. The van der Waals surface area contributed by atoms with Crippen molar-refractivity contribution >= 4 is 45.4 Å². The molecule has 3 heterocycles. The highest BCUT2D eigenvalue weighted by Gasteiger charge is 2.29. The van der Waals surface area contributed by atoms with Crippen molar-refractivity contribution < 1.29 is 14.0 Å². The van der Waals surface area contributed by atoms with Gasteiger partial charge < -0.3 is 14.8 Å². The molecule has 5 rings (SSSR count). The normalized spacial score (nSPS) is 15.6. The third-order valence-electron chi connectivity index (χ3n) is 5.65. The molecule has 9 heteroatoms. The maximum absolute atomic E-state index is 13.6. The lowest BCUT2D eigenvalue weighted by atomic mass is 10.1. The number of carbonyl (C=O) groups is 2. The number of pyridine rings is 1. The lowest BCUT2D eigenvalue weighted by Crippen LogP contribution is -2.42. The Morgan fingerprint density at radius 3 is 2.94 bits per heavy atom. The van der Waals surface area contributed by atoms with Gasteiger partial charge in [0.05, 0.1) is 35.1 Å². The number of nitrogens with one attached hydrogen (secondary N) is 1. The third kappa shape index (κ3) is 3.90. The summed E-state index contributed by atoms with van der Waals surface area (Å²) in [6, 6.07) is 15.2. The van der Waals surface area contributed by atoms with Crippen molar-refractivity contribution in [3.63, 3.8) is 0 Å². The van der Waals surface area contributed by atoms with Crippen LogP contribution in [-0.2, 0) is 4.79 Å². The number of hydrogen-bond donors (Lipinski definition) is 1. The maximum Gasteiger partial charge on any atom is 0.252 e. The van der Waals surface area contributed by atoms with Crippen LogP contribution in [0.3, 0.4) is 0 Å². The Morgan fingerprint density at radius 2 is 2.09 bits per heavy atom. The van der Waals surface area contributed by atoms with E-state index in [4.69, 9.17) is 0 Å². The summed E-state index contributed by atoms with van der Waals surface area (Å²) in [6.07, 6.45) is 3.40. The molecule has 0 saturated carbocycles. The smallest absolute Gasteiger partial charge is 0.252 e. The van der Waals surface area contributed by atoms with Gasteiger partial charge in [0.2, 0.25) is 5.91 Å². The number of halogens is 1. The molecule has 0 radical (unpaired) electrons. The van der Waals surface area contributed by atoms with Gasteiger partial charge in [0.1, 0.15) is 11.9 Å². The van der Waals surface area contributed by atoms with Gasteiger partial charge in [-0.3, -0.25) is 14.6 Å². The van der Waals surface area contributed by atoms with Gasteiger partial charge in [-0.05, 0) is 48.5 Å². The molecule has 2 aromatic heterocycles. The minimum atomic E-state index is -0.464. The minimum absolute atomic E-state index is 0.186. The van der Waals surface area contributed by atoms with E-state index in [-0.39, 0.29) is 18.3 Å². The van der Waals surface area contributed by atoms with Crippen LogP contribution in [0.15, 0.2) is 60.9 Å². The zero-order valence-corrected chi connectivity index (χ0v) is 18.2. The average Bonchev–Trinajstić information content (AvgIpc) is 3.48. The van der Waals surface area contributed by atoms with E-state index < -0.39 is 11.9 Å². The second-order valence-corrected chi connectivity index (χ2v) is 8.64. The van der Waals surface area contributed by atoms with Gasteiger partial charge in [0.25, 0.3) is 5.91 Å². The molecule has 1 aliphatic heterocycles. The predicted octanol–water partition coefficient (Wildman–Crippen LogP) is 3.47. The molecule has 1 atom stereocenters. The molecule has 164 valence electrons. The van der Waals surface area contributed by atoms with Crippen molar-refractivity contribution in [1.29, 1.82) is 5.26 Å².